The zero-order valence-corrected chi connectivity index (χ0v) is 13.6. The van der Waals surface area contributed by atoms with Gasteiger partial charge < -0.3 is 15.3 Å². The smallest absolute Gasteiger partial charge is 0.317 e. The normalized spacial score (nSPS) is 26.5. The molecule has 2 atom stereocenters. The third-order valence-corrected chi connectivity index (χ3v) is 5.33. The number of rotatable bonds is 3. The second kappa shape index (κ2) is 6.76. The summed E-state index contributed by atoms with van der Waals surface area (Å²) in [6.45, 7) is 1.20. The third kappa shape index (κ3) is 3.36. The number of carbonyl (C=O) groups is 1. The van der Waals surface area contributed by atoms with Crippen molar-refractivity contribution >= 4 is 11.7 Å². The van der Waals surface area contributed by atoms with Gasteiger partial charge in [-0.05, 0) is 19.3 Å². The molecule has 7 nitrogen and oxygen atoms in total. The van der Waals surface area contributed by atoms with Gasteiger partial charge in [0.1, 0.15) is 0 Å². The maximum atomic E-state index is 12.4. The topological polar surface area (TPSA) is 95.7 Å². The molecule has 7 heteroatoms. The molecule has 0 spiro atoms. The lowest BCUT2D eigenvalue weighted by Crippen LogP contribution is -2.56. The minimum atomic E-state index is -0.618. The standard InChI is InChI=1S/C17H23N3O4/c21-16(18-11-13-5-1-2-7-15(13)20(23)24)19-10-9-17(22)8-4-3-6-14(17)12-19/h1-2,5,7,14,22H,3-4,6,8-12H2,(H,18,21). The lowest BCUT2D eigenvalue weighted by atomic mass is 9.71. The molecule has 2 unspecified atom stereocenters. The first-order valence-corrected chi connectivity index (χ1v) is 8.47. The number of benzene rings is 1. The maximum Gasteiger partial charge on any atom is 0.317 e. The van der Waals surface area contributed by atoms with E-state index in [1.54, 1.807) is 23.1 Å². The molecule has 1 aliphatic carbocycles. The Morgan fingerprint density at radius 1 is 1.38 bits per heavy atom. The summed E-state index contributed by atoms with van der Waals surface area (Å²) in [5, 5.41) is 24.5. The summed E-state index contributed by atoms with van der Waals surface area (Å²) in [4.78, 5) is 24.7. The highest BCUT2D eigenvalue weighted by Gasteiger charge is 2.43. The van der Waals surface area contributed by atoms with Gasteiger partial charge in [0, 0.05) is 30.6 Å². The zero-order chi connectivity index (χ0) is 17.2. The molecule has 2 aliphatic rings. The van der Waals surface area contributed by atoms with Crippen LogP contribution in [0.5, 0.6) is 0 Å². The third-order valence-electron chi connectivity index (χ3n) is 5.33. The van der Waals surface area contributed by atoms with Gasteiger partial charge in [-0.1, -0.05) is 31.0 Å². The van der Waals surface area contributed by atoms with E-state index in [1.165, 1.54) is 6.07 Å². The number of aliphatic hydroxyl groups is 1. The van der Waals surface area contributed by atoms with Crippen LogP contribution in [-0.4, -0.2) is 39.7 Å². The van der Waals surface area contributed by atoms with Crippen LogP contribution in [0.15, 0.2) is 24.3 Å². The van der Waals surface area contributed by atoms with Gasteiger partial charge >= 0.3 is 6.03 Å². The molecule has 1 saturated heterocycles. The van der Waals surface area contributed by atoms with E-state index < -0.39 is 10.5 Å². The second-order valence-electron chi connectivity index (χ2n) is 6.79. The number of nitro benzene ring substituents is 1. The molecule has 130 valence electrons. The van der Waals surface area contributed by atoms with Gasteiger partial charge in [0.25, 0.3) is 5.69 Å². The second-order valence-corrected chi connectivity index (χ2v) is 6.79. The molecule has 2 N–H and O–H groups in total. The van der Waals surface area contributed by atoms with E-state index in [0.717, 1.165) is 25.7 Å². The largest absolute Gasteiger partial charge is 0.389 e. The van der Waals surface area contributed by atoms with E-state index in [9.17, 15) is 20.0 Å². The number of carbonyl (C=O) groups excluding carboxylic acids is 1. The molecule has 1 heterocycles. The van der Waals surface area contributed by atoms with E-state index in [2.05, 4.69) is 5.32 Å². The number of urea groups is 1. The fourth-order valence-electron chi connectivity index (χ4n) is 3.88. The summed E-state index contributed by atoms with van der Waals surface area (Å²) in [6, 6.07) is 6.19. The van der Waals surface area contributed by atoms with Gasteiger partial charge in [0.05, 0.1) is 17.1 Å². The van der Waals surface area contributed by atoms with Crippen LogP contribution < -0.4 is 5.32 Å². The summed E-state index contributed by atoms with van der Waals surface area (Å²) < 4.78 is 0. The SMILES string of the molecule is O=C(NCc1ccccc1[N+](=O)[O-])N1CCC2(O)CCCCC2C1. The monoisotopic (exact) mass is 333 g/mol. The van der Waals surface area contributed by atoms with E-state index in [1.807, 2.05) is 0 Å². The van der Waals surface area contributed by atoms with Crippen LogP contribution in [0, 0.1) is 16.0 Å². The minimum absolute atomic E-state index is 0.0121. The van der Waals surface area contributed by atoms with Crippen molar-refractivity contribution in [2.24, 2.45) is 5.92 Å². The van der Waals surface area contributed by atoms with Crippen molar-refractivity contribution in [3.63, 3.8) is 0 Å². The quantitative estimate of drug-likeness (QED) is 0.656. The summed E-state index contributed by atoms with van der Waals surface area (Å²) in [6.07, 6.45) is 4.53. The van der Waals surface area contributed by atoms with Crippen molar-refractivity contribution in [2.45, 2.75) is 44.2 Å². The average Bonchev–Trinajstić information content (AvgIpc) is 2.59. The number of piperidine rings is 1. The predicted octanol–water partition coefficient (Wildman–Crippen LogP) is 2.43. The summed E-state index contributed by atoms with van der Waals surface area (Å²) in [5.41, 5.74) is -0.118. The molecule has 2 amide bonds. The van der Waals surface area contributed by atoms with Crippen molar-refractivity contribution in [3.8, 4) is 0 Å². The Morgan fingerprint density at radius 3 is 2.96 bits per heavy atom. The van der Waals surface area contributed by atoms with Crippen molar-refractivity contribution in [1.29, 1.82) is 0 Å². The van der Waals surface area contributed by atoms with Crippen LogP contribution in [0.3, 0.4) is 0 Å². The van der Waals surface area contributed by atoms with Gasteiger partial charge in [-0.2, -0.15) is 0 Å². The van der Waals surface area contributed by atoms with Gasteiger partial charge in [-0.25, -0.2) is 4.79 Å². The van der Waals surface area contributed by atoms with Crippen molar-refractivity contribution < 1.29 is 14.8 Å². The van der Waals surface area contributed by atoms with Crippen LogP contribution in [0.2, 0.25) is 0 Å². The number of likely N-dealkylation sites (tertiary alicyclic amines) is 1. The average molecular weight is 333 g/mol. The fraction of sp³-hybridized carbons (Fsp3) is 0.588. The Labute approximate surface area is 140 Å². The summed E-state index contributed by atoms with van der Waals surface area (Å²) >= 11 is 0. The highest BCUT2D eigenvalue weighted by molar-refractivity contribution is 5.74. The highest BCUT2D eigenvalue weighted by Crippen LogP contribution is 2.39. The van der Waals surface area contributed by atoms with Crippen LogP contribution >= 0.6 is 0 Å². The van der Waals surface area contributed by atoms with Gasteiger partial charge in [0.15, 0.2) is 0 Å². The number of amides is 2. The molecule has 1 aromatic rings. The first kappa shape index (κ1) is 16.7. The van der Waals surface area contributed by atoms with E-state index in [-0.39, 0.29) is 24.2 Å². The van der Waals surface area contributed by atoms with Gasteiger partial charge in [0.2, 0.25) is 0 Å². The van der Waals surface area contributed by atoms with E-state index in [4.69, 9.17) is 0 Å². The molecule has 0 radical (unpaired) electrons. The maximum absolute atomic E-state index is 12.4. The lowest BCUT2D eigenvalue weighted by Gasteiger charge is -2.47. The Kier molecular flexibility index (Phi) is 4.71. The molecule has 24 heavy (non-hydrogen) atoms. The summed E-state index contributed by atoms with van der Waals surface area (Å²) in [7, 11) is 0. The van der Waals surface area contributed by atoms with Crippen molar-refractivity contribution in [1.82, 2.24) is 10.2 Å². The molecule has 1 aliphatic heterocycles. The van der Waals surface area contributed by atoms with Gasteiger partial charge in [-0.15, -0.1) is 0 Å². The van der Waals surface area contributed by atoms with Crippen LogP contribution in [0.1, 0.15) is 37.7 Å². The fourth-order valence-corrected chi connectivity index (χ4v) is 3.88. The first-order valence-electron chi connectivity index (χ1n) is 8.47. The number of nitrogens with one attached hydrogen (secondary N) is 1. The predicted molar refractivity (Wildman–Crippen MR) is 88.4 cm³/mol. The molecule has 3 rings (SSSR count). The molecular formula is C17H23N3O4. The Balaban J connectivity index is 1.59. The molecular weight excluding hydrogens is 310 g/mol. The number of fused-ring (bicyclic) bond motifs is 1. The molecule has 0 bridgehead atoms. The Hall–Kier alpha value is -2.15. The van der Waals surface area contributed by atoms with Crippen LogP contribution in [-0.2, 0) is 6.54 Å². The molecule has 1 saturated carbocycles. The Bertz CT molecular complexity index is 636. The molecule has 0 aromatic heterocycles. The zero-order valence-electron chi connectivity index (χ0n) is 13.6. The van der Waals surface area contributed by atoms with Crippen molar-refractivity contribution in [2.75, 3.05) is 13.1 Å². The lowest BCUT2D eigenvalue weighted by molar-refractivity contribution is -0.385. The number of nitrogens with zero attached hydrogens (tertiary/aromatic N) is 2. The van der Waals surface area contributed by atoms with Gasteiger partial charge in [-0.3, -0.25) is 10.1 Å². The first-order chi connectivity index (χ1) is 11.5. The Morgan fingerprint density at radius 2 is 2.17 bits per heavy atom. The summed E-state index contributed by atoms with van der Waals surface area (Å²) in [5.74, 6) is 0.136. The molecule has 1 aromatic carbocycles. The van der Waals surface area contributed by atoms with E-state index in [0.29, 0.717) is 25.1 Å². The number of hydrogen-bond donors (Lipinski definition) is 2. The van der Waals surface area contributed by atoms with Crippen molar-refractivity contribution in [3.05, 3.63) is 39.9 Å². The molecule has 2 fully saturated rings. The number of nitro groups is 1. The minimum Gasteiger partial charge on any atom is -0.389 e. The van der Waals surface area contributed by atoms with Crippen LogP contribution in [0.25, 0.3) is 0 Å². The highest BCUT2D eigenvalue weighted by atomic mass is 16.6. The van der Waals surface area contributed by atoms with E-state index >= 15 is 0 Å². The van der Waals surface area contributed by atoms with Crippen LogP contribution in [0.4, 0.5) is 10.5 Å². The number of hydrogen-bond acceptors (Lipinski definition) is 4. The number of para-hydroxylation sites is 1.